The molecule has 2 saturated heterocycles. The number of nitrogens with zero attached hydrogens (tertiary/aromatic N) is 3. The molecule has 2 heterocycles. The van der Waals surface area contributed by atoms with Crippen molar-refractivity contribution in [3.05, 3.63) is 24.3 Å². The normalized spacial score (nSPS) is 21.9. The molecule has 1 aliphatic carbocycles. The van der Waals surface area contributed by atoms with Crippen LogP contribution in [0.15, 0.2) is 24.3 Å². The standard InChI is InChI=1S/C20H31N5O2/c26-20(21-17-1-2-17)22-18-3-5-19(6-4-18)25-11-9-23(10-12-25)7-8-24-13-15-27-16-14-24/h3-6,17H,1-2,7-16H2,(H2,21,22,26). The van der Waals surface area contributed by atoms with Crippen molar-refractivity contribution < 1.29 is 9.53 Å². The molecule has 1 saturated carbocycles. The zero-order chi connectivity index (χ0) is 18.5. The topological polar surface area (TPSA) is 60.1 Å². The summed E-state index contributed by atoms with van der Waals surface area (Å²) < 4.78 is 5.42. The van der Waals surface area contributed by atoms with Crippen molar-refractivity contribution in [3.8, 4) is 0 Å². The van der Waals surface area contributed by atoms with E-state index in [2.05, 4.69) is 37.5 Å². The summed E-state index contributed by atoms with van der Waals surface area (Å²) >= 11 is 0. The number of hydrogen-bond acceptors (Lipinski definition) is 5. The van der Waals surface area contributed by atoms with E-state index in [0.717, 1.165) is 84.1 Å². The van der Waals surface area contributed by atoms with Crippen LogP contribution < -0.4 is 15.5 Å². The molecule has 2 aliphatic heterocycles. The van der Waals surface area contributed by atoms with E-state index in [1.165, 1.54) is 5.69 Å². The number of nitrogens with one attached hydrogen (secondary N) is 2. The van der Waals surface area contributed by atoms with Crippen LogP contribution >= 0.6 is 0 Å². The fourth-order valence-corrected chi connectivity index (χ4v) is 3.67. The third-order valence-electron chi connectivity index (χ3n) is 5.61. The molecule has 148 valence electrons. The summed E-state index contributed by atoms with van der Waals surface area (Å²) in [5.74, 6) is 0. The Morgan fingerprint density at radius 2 is 1.56 bits per heavy atom. The van der Waals surface area contributed by atoms with Crippen molar-refractivity contribution in [3.63, 3.8) is 0 Å². The highest BCUT2D eigenvalue weighted by molar-refractivity contribution is 5.89. The average Bonchev–Trinajstić information content (AvgIpc) is 3.52. The van der Waals surface area contributed by atoms with Gasteiger partial charge in [-0.25, -0.2) is 4.79 Å². The molecule has 0 aromatic heterocycles. The summed E-state index contributed by atoms with van der Waals surface area (Å²) in [7, 11) is 0. The Labute approximate surface area is 161 Å². The second kappa shape index (κ2) is 8.91. The van der Waals surface area contributed by atoms with Gasteiger partial charge in [0.15, 0.2) is 0 Å². The minimum atomic E-state index is -0.0980. The molecule has 4 rings (SSSR count). The predicted molar refractivity (Wildman–Crippen MR) is 108 cm³/mol. The first-order chi connectivity index (χ1) is 13.3. The third-order valence-corrected chi connectivity index (χ3v) is 5.61. The summed E-state index contributed by atoms with van der Waals surface area (Å²) in [5.41, 5.74) is 2.08. The lowest BCUT2D eigenvalue weighted by Gasteiger charge is -2.37. The molecule has 7 heteroatoms. The fraction of sp³-hybridized carbons (Fsp3) is 0.650. The molecule has 0 spiro atoms. The maximum atomic E-state index is 11.8. The van der Waals surface area contributed by atoms with Crippen LogP contribution in [0, 0.1) is 0 Å². The molecule has 0 unspecified atom stereocenters. The Balaban J connectivity index is 1.19. The minimum absolute atomic E-state index is 0.0980. The molecular formula is C20H31N5O2. The number of piperazine rings is 1. The van der Waals surface area contributed by atoms with Crippen molar-refractivity contribution in [2.45, 2.75) is 18.9 Å². The molecule has 0 radical (unpaired) electrons. The van der Waals surface area contributed by atoms with Crippen LogP contribution in [0.5, 0.6) is 0 Å². The molecule has 1 aromatic rings. The molecule has 1 aromatic carbocycles. The molecule has 0 bridgehead atoms. The molecule has 2 N–H and O–H groups in total. The summed E-state index contributed by atoms with van der Waals surface area (Å²) in [4.78, 5) is 19.3. The maximum absolute atomic E-state index is 11.8. The Morgan fingerprint density at radius 1 is 0.926 bits per heavy atom. The molecule has 27 heavy (non-hydrogen) atoms. The van der Waals surface area contributed by atoms with Gasteiger partial charge in [-0.05, 0) is 37.1 Å². The molecular weight excluding hydrogens is 342 g/mol. The van der Waals surface area contributed by atoms with Crippen LogP contribution in [-0.2, 0) is 4.74 Å². The van der Waals surface area contributed by atoms with Gasteiger partial charge in [0.1, 0.15) is 0 Å². The lowest BCUT2D eigenvalue weighted by atomic mass is 10.2. The first-order valence-corrected chi connectivity index (χ1v) is 10.2. The number of ether oxygens (including phenoxy) is 1. The van der Waals surface area contributed by atoms with Crippen molar-refractivity contribution >= 4 is 17.4 Å². The Hall–Kier alpha value is -1.83. The molecule has 3 fully saturated rings. The SMILES string of the molecule is O=C(Nc1ccc(N2CCN(CCN3CCOCC3)CC2)cc1)NC1CC1. The van der Waals surface area contributed by atoms with Gasteiger partial charge in [-0.15, -0.1) is 0 Å². The number of rotatable bonds is 6. The van der Waals surface area contributed by atoms with E-state index in [1.54, 1.807) is 0 Å². The van der Waals surface area contributed by atoms with Crippen LogP contribution in [0.4, 0.5) is 16.2 Å². The highest BCUT2D eigenvalue weighted by Gasteiger charge is 2.23. The van der Waals surface area contributed by atoms with E-state index in [4.69, 9.17) is 4.74 Å². The smallest absolute Gasteiger partial charge is 0.319 e. The molecule has 2 amide bonds. The lowest BCUT2D eigenvalue weighted by Crippen LogP contribution is -2.49. The number of carbonyl (C=O) groups excluding carboxylic acids is 1. The van der Waals surface area contributed by atoms with Crippen molar-refractivity contribution in [2.24, 2.45) is 0 Å². The second-order valence-electron chi connectivity index (χ2n) is 7.70. The highest BCUT2D eigenvalue weighted by atomic mass is 16.5. The van der Waals surface area contributed by atoms with E-state index in [9.17, 15) is 4.79 Å². The second-order valence-corrected chi connectivity index (χ2v) is 7.70. The number of urea groups is 1. The quantitative estimate of drug-likeness (QED) is 0.790. The van der Waals surface area contributed by atoms with Gasteiger partial charge in [-0.2, -0.15) is 0 Å². The number of hydrogen-bond donors (Lipinski definition) is 2. The fourth-order valence-electron chi connectivity index (χ4n) is 3.67. The van der Waals surface area contributed by atoms with E-state index >= 15 is 0 Å². The molecule has 3 aliphatic rings. The Bertz CT molecular complexity index is 605. The van der Waals surface area contributed by atoms with E-state index < -0.39 is 0 Å². The van der Waals surface area contributed by atoms with Gasteiger partial charge in [0, 0.05) is 69.8 Å². The summed E-state index contributed by atoms with van der Waals surface area (Å²) in [6.07, 6.45) is 2.20. The van der Waals surface area contributed by atoms with Crippen molar-refractivity contribution in [1.82, 2.24) is 15.1 Å². The minimum Gasteiger partial charge on any atom is -0.379 e. The van der Waals surface area contributed by atoms with Gasteiger partial charge >= 0.3 is 6.03 Å². The summed E-state index contributed by atoms with van der Waals surface area (Å²) in [6.45, 7) is 10.5. The largest absolute Gasteiger partial charge is 0.379 e. The van der Waals surface area contributed by atoms with Gasteiger partial charge < -0.3 is 20.3 Å². The van der Waals surface area contributed by atoms with Crippen molar-refractivity contribution in [1.29, 1.82) is 0 Å². The molecule has 7 nitrogen and oxygen atoms in total. The Morgan fingerprint density at radius 3 is 2.19 bits per heavy atom. The number of morpholine rings is 1. The van der Waals surface area contributed by atoms with Crippen LogP contribution in [0.25, 0.3) is 0 Å². The first-order valence-electron chi connectivity index (χ1n) is 10.2. The number of anilines is 2. The molecule has 0 atom stereocenters. The zero-order valence-corrected chi connectivity index (χ0v) is 16.0. The van der Waals surface area contributed by atoms with E-state index in [1.807, 2.05) is 12.1 Å². The average molecular weight is 374 g/mol. The van der Waals surface area contributed by atoms with E-state index in [-0.39, 0.29) is 6.03 Å². The van der Waals surface area contributed by atoms with Gasteiger partial charge in [0.05, 0.1) is 13.2 Å². The number of benzene rings is 1. The van der Waals surface area contributed by atoms with E-state index in [0.29, 0.717) is 6.04 Å². The van der Waals surface area contributed by atoms with Crippen LogP contribution in [0.2, 0.25) is 0 Å². The first kappa shape index (κ1) is 18.5. The van der Waals surface area contributed by atoms with Crippen molar-refractivity contribution in [2.75, 3.05) is 75.8 Å². The third kappa shape index (κ3) is 5.57. The summed E-state index contributed by atoms with van der Waals surface area (Å²) in [6, 6.07) is 8.48. The van der Waals surface area contributed by atoms with Crippen LogP contribution in [-0.4, -0.2) is 87.4 Å². The Kier molecular flexibility index (Phi) is 6.11. The number of amides is 2. The summed E-state index contributed by atoms with van der Waals surface area (Å²) in [5, 5.41) is 5.85. The zero-order valence-electron chi connectivity index (χ0n) is 16.0. The highest BCUT2D eigenvalue weighted by Crippen LogP contribution is 2.21. The predicted octanol–water partition coefficient (Wildman–Crippen LogP) is 1.42. The monoisotopic (exact) mass is 373 g/mol. The van der Waals surface area contributed by atoms with Crippen LogP contribution in [0.1, 0.15) is 12.8 Å². The van der Waals surface area contributed by atoms with Gasteiger partial charge in [-0.3, -0.25) is 9.80 Å². The van der Waals surface area contributed by atoms with Crippen LogP contribution in [0.3, 0.4) is 0 Å². The number of carbonyl (C=O) groups is 1. The van der Waals surface area contributed by atoms with Gasteiger partial charge in [0.2, 0.25) is 0 Å². The maximum Gasteiger partial charge on any atom is 0.319 e. The van der Waals surface area contributed by atoms with Gasteiger partial charge in [-0.1, -0.05) is 0 Å². The van der Waals surface area contributed by atoms with Gasteiger partial charge in [0.25, 0.3) is 0 Å². The lowest BCUT2D eigenvalue weighted by molar-refractivity contribution is 0.0331.